The second-order valence-corrected chi connectivity index (χ2v) is 9.83. The van der Waals surface area contributed by atoms with Gasteiger partial charge in [0.15, 0.2) is 0 Å². The van der Waals surface area contributed by atoms with Gasteiger partial charge in [-0.2, -0.15) is 0 Å². The minimum absolute atomic E-state index is 0.0664. The molecular weight excluding hydrogens is 468 g/mol. The van der Waals surface area contributed by atoms with Crippen LogP contribution in [0.1, 0.15) is 48.6 Å². The van der Waals surface area contributed by atoms with Crippen molar-refractivity contribution in [2.24, 2.45) is 5.92 Å². The number of Topliss-reactive ketones (excluding diaryl/α,β-unsaturated/α-hetero) is 1. The first-order valence-corrected chi connectivity index (χ1v) is 12.6. The maximum absolute atomic E-state index is 13.4. The van der Waals surface area contributed by atoms with Crippen molar-refractivity contribution in [1.82, 2.24) is 9.88 Å². The van der Waals surface area contributed by atoms with Crippen LogP contribution in [0.15, 0.2) is 72.6 Å². The summed E-state index contributed by atoms with van der Waals surface area (Å²) in [6, 6.07) is 15.6. The highest BCUT2D eigenvalue weighted by molar-refractivity contribution is 6.46. The summed E-state index contributed by atoms with van der Waals surface area (Å²) in [5.41, 5.74) is 3.06. The number of ether oxygens (including phenoxy) is 2. The average molecular weight is 499 g/mol. The predicted molar refractivity (Wildman–Crippen MR) is 139 cm³/mol. The lowest BCUT2D eigenvalue weighted by Gasteiger charge is -2.26. The lowest BCUT2D eigenvalue weighted by atomic mass is 9.93. The number of rotatable bonds is 7. The van der Waals surface area contributed by atoms with Gasteiger partial charge in [0.25, 0.3) is 11.7 Å². The number of aromatic nitrogens is 1. The fourth-order valence-electron chi connectivity index (χ4n) is 4.78. The Morgan fingerprint density at radius 1 is 1.14 bits per heavy atom. The van der Waals surface area contributed by atoms with E-state index in [0.29, 0.717) is 36.0 Å². The minimum Gasteiger partial charge on any atom is -0.507 e. The van der Waals surface area contributed by atoms with Gasteiger partial charge in [-0.3, -0.25) is 14.6 Å². The average Bonchev–Trinajstić information content (AvgIpc) is 3.17. The molecule has 0 radical (unpaired) electrons. The van der Waals surface area contributed by atoms with Crippen LogP contribution >= 0.6 is 0 Å². The molecule has 1 saturated heterocycles. The number of aliphatic hydroxyl groups excluding tert-OH is 1. The number of aliphatic hydroxyl groups is 1. The van der Waals surface area contributed by atoms with Gasteiger partial charge < -0.3 is 19.5 Å². The van der Waals surface area contributed by atoms with Gasteiger partial charge in [-0.05, 0) is 77.9 Å². The van der Waals surface area contributed by atoms with Crippen LogP contribution in [-0.4, -0.2) is 39.9 Å². The van der Waals surface area contributed by atoms with Crippen LogP contribution in [0, 0.1) is 5.92 Å². The highest BCUT2D eigenvalue weighted by Gasteiger charge is 2.46. The molecule has 7 nitrogen and oxygen atoms in total. The van der Waals surface area contributed by atoms with Gasteiger partial charge in [0.2, 0.25) is 0 Å². The van der Waals surface area contributed by atoms with Crippen LogP contribution < -0.4 is 9.47 Å². The van der Waals surface area contributed by atoms with Gasteiger partial charge in [0, 0.05) is 24.5 Å². The van der Waals surface area contributed by atoms with Crippen LogP contribution in [-0.2, 0) is 22.6 Å². The van der Waals surface area contributed by atoms with E-state index in [1.807, 2.05) is 48.5 Å². The molecule has 7 heteroatoms. The standard InChI is InChI=1S/C30H30N2O5/c1-19(2)18-37-24-7-3-5-22(16-24)27-26(28(33)23-8-9-25-21(15-23)6-4-14-36-25)29(34)30(35)32(27)17-20-10-12-31-13-11-20/h3,5,7-13,15-16,19,27,33H,4,6,14,17-18H2,1-2H3/b28-26-. The van der Waals surface area contributed by atoms with E-state index in [4.69, 9.17) is 9.47 Å². The quantitative estimate of drug-likeness (QED) is 0.278. The number of carbonyl (C=O) groups excluding carboxylic acids is 2. The molecule has 190 valence electrons. The third kappa shape index (κ3) is 5.07. The monoisotopic (exact) mass is 498 g/mol. The Hall–Kier alpha value is -4.13. The summed E-state index contributed by atoms with van der Waals surface area (Å²) in [5, 5.41) is 11.5. The van der Waals surface area contributed by atoms with E-state index >= 15 is 0 Å². The molecule has 2 aliphatic rings. The Morgan fingerprint density at radius 3 is 2.73 bits per heavy atom. The van der Waals surface area contributed by atoms with E-state index in [1.54, 1.807) is 18.5 Å². The van der Waals surface area contributed by atoms with Crippen molar-refractivity contribution in [3.63, 3.8) is 0 Å². The summed E-state index contributed by atoms with van der Waals surface area (Å²) in [7, 11) is 0. The Bertz CT molecular complexity index is 1350. The van der Waals surface area contributed by atoms with E-state index in [1.165, 1.54) is 4.90 Å². The van der Waals surface area contributed by atoms with Gasteiger partial charge in [-0.1, -0.05) is 26.0 Å². The molecule has 3 heterocycles. The second kappa shape index (κ2) is 10.5. The van der Waals surface area contributed by atoms with E-state index in [0.717, 1.165) is 29.7 Å². The van der Waals surface area contributed by atoms with E-state index in [2.05, 4.69) is 18.8 Å². The summed E-state index contributed by atoms with van der Waals surface area (Å²) >= 11 is 0. The Balaban J connectivity index is 1.60. The van der Waals surface area contributed by atoms with Crippen molar-refractivity contribution in [3.8, 4) is 11.5 Å². The van der Waals surface area contributed by atoms with Crippen molar-refractivity contribution in [1.29, 1.82) is 0 Å². The number of amides is 1. The fourth-order valence-corrected chi connectivity index (χ4v) is 4.78. The highest BCUT2D eigenvalue weighted by Crippen LogP contribution is 2.41. The van der Waals surface area contributed by atoms with Crippen molar-refractivity contribution in [2.75, 3.05) is 13.2 Å². The lowest BCUT2D eigenvalue weighted by molar-refractivity contribution is -0.140. The molecule has 2 aliphatic heterocycles. The first-order chi connectivity index (χ1) is 17.9. The van der Waals surface area contributed by atoms with Gasteiger partial charge in [-0.15, -0.1) is 0 Å². The van der Waals surface area contributed by atoms with E-state index < -0.39 is 17.7 Å². The Kier molecular flexibility index (Phi) is 6.95. The Labute approximate surface area is 216 Å². The number of pyridine rings is 1. The molecule has 0 spiro atoms. The van der Waals surface area contributed by atoms with Crippen molar-refractivity contribution < 1.29 is 24.2 Å². The molecule has 0 aliphatic carbocycles. The van der Waals surface area contributed by atoms with Crippen LogP contribution in [0.2, 0.25) is 0 Å². The SMILES string of the molecule is CC(C)COc1cccc(C2/C(=C(/O)c3ccc4c(c3)CCCO4)C(=O)C(=O)N2Cc2ccncc2)c1. The second-order valence-electron chi connectivity index (χ2n) is 9.83. The zero-order valence-electron chi connectivity index (χ0n) is 21.0. The number of likely N-dealkylation sites (tertiary alicyclic amines) is 1. The molecule has 0 saturated carbocycles. The molecular formula is C30H30N2O5. The number of carbonyl (C=O) groups is 2. The number of ketones is 1. The summed E-state index contributed by atoms with van der Waals surface area (Å²) in [6.45, 7) is 5.53. The van der Waals surface area contributed by atoms with Gasteiger partial charge in [-0.25, -0.2) is 0 Å². The maximum Gasteiger partial charge on any atom is 0.295 e. The summed E-state index contributed by atoms with van der Waals surface area (Å²) < 4.78 is 11.6. The largest absolute Gasteiger partial charge is 0.507 e. The predicted octanol–water partition coefficient (Wildman–Crippen LogP) is 5.06. The van der Waals surface area contributed by atoms with Crippen LogP contribution in [0.5, 0.6) is 11.5 Å². The summed E-state index contributed by atoms with van der Waals surface area (Å²) in [6.07, 6.45) is 5.01. The molecule has 1 atom stereocenters. The number of hydrogen-bond acceptors (Lipinski definition) is 6. The fraction of sp³-hybridized carbons (Fsp3) is 0.300. The third-order valence-corrected chi connectivity index (χ3v) is 6.58. The number of fused-ring (bicyclic) bond motifs is 1. The lowest BCUT2D eigenvalue weighted by Crippen LogP contribution is -2.29. The molecule has 1 aromatic heterocycles. The molecule has 1 fully saturated rings. The highest BCUT2D eigenvalue weighted by atomic mass is 16.5. The Morgan fingerprint density at radius 2 is 1.95 bits per heavy atom. The van der Waals surface area contributed by atoms with E-state index in [-0.39, 0.29) is 17.9 Å². The first-order valence-electron chi connectivity index (χ1n) is 12.6. The van der Waals surface area contributed by atoms with Crippen LogP contribution in [0.25, 0.3) is 5.76 Å². The number of benzene rings is 2. The summed E-state index contributed by atoms with van der Waals surface area (Å²) in [4.78, 5) is 32.3. The maximum atomic E-state index is 13.4. The van der Waals surface area contributed by atoms with Crippen LogP contribution in [0.3, 0.4) is 0 Å². The third-order valence-electron chi connectivity index (χ3n) is 6.58. The zero-order chi connectivity index (χ0) is 25.9. The normalized spacial score (nSPS) is 18.6. The van der Waals surface area contributed by atoms with Gasteiger partial charge in [0.1, 0.15) is 17.3 Å². The molecule has 5 rings (SSSR count). The summed E-state index contributed by atoms with van der Waals surface area (Å²) in [5.74, 6) is 0.215. The first kappa shape index (κ1) is 24.6. The zero-order valence-corrected chi connectivity index (χ0v) is 21.0. The number of nitrogens with zero attached hydrogens (tertiary/aromatic N) is 2. The van der Waals surface area contributed by atoms with Gasteiger partial charge >= 0.3 is 0 Å². The van der Waals surface area contributed by atoms with Gasteiger partial charge in [0.05, 0.1) is 24.8 Å². The number of hydrogen-bond donors (Lipinski definition) is 1. The molecule has 2 aromatic carbocycles. The molecule has 1 amide bonds. The molecule has 1 N–H and O–H groups in total. The van der Waals surface area contributed by atoms with Crippen molar-refractivity contribution in [3.05, 3.63) is 94.8 Å². The molecule has 0 bridgehead atoms. The smallest absolute Gasteiger partial charge is 0.295 e. The molecule has 1 unspecified atom stereocenters. The van der Waals surface area contributed by atoms with Crippen molar-refractivity contribution >= 4 is 17.4 Å². The van der Waals surface area contributed by atoms with E-state index in [9.17, 15) is 14.7 Å². The van der Waals surface area contributed by atoms with Crippen molar-refractivity contribution in [2.45, 2.75) is 39.3 Å². The molecule has 3 aromatic rings. The van der Waals surface area contributed by atoms with Crippen LogP contribution in [0.4, 0.5) is 0 Å². The topological polar surface area (TPSA) is 89.0 Å². The number of aryl methyl sites for hydroxylation is 1. The minimum atomic E-state index is -0.775. The molecule has 37 heavy (non-hydrogen) atoms.